The van der Waals surface area contributed by atoms with Crippen LogP contribution < -0.4 is 10.6 Å². The minimum Gasteiger partial charge on any atom is -0.350 e. The van der Waals surface area contributed by atoms with Gasteiger partial charge in [0.1, 0.15) is 0 Å². The maximum Gasteiger partial charge on any atom is 0.244 e. The van der Waals surface area contributed by atoms with E-state index in [4.69, 9.17) is 11.6 Å². The lowest BCUT2D eigenvalue weighted by Crippen LogP contribution is -2.45. The van der Waals surface area contributed by atoms with Crippen LogP contribution in [0.3, 0.4) is 0 Å². The zero-order valence-corrected chi connectivity index (χ0v) is 12.6. The van der Waals surface area contributed by atoms with Crippen LogP contribution in [0.4, 0.5) is 0 Å². The quantitative estimate of drug-likeness (QED) is 0.838. The lowest BCUT2D eigenvalue weighted by Gasteiger charge is -2.20. The smallest absolute Gasteiger partial charge is 0.244 e. The average Bonchev–Trinajstić information content (AvgIpc) is 2.33. The van der Waals surface area contributed by atoms with Crippen molar-refractivity contribution in [1.82, 2.24) is 10.6 Å². The third-order valence-corrected chi connectivity index (χ3v) is 2.60. The standard InChI is InChI=1S/C15H19ClN2O2/c1-15(2,3)18-14(20)10-17-13(19)9-8-11-6-4-5-7-12(11)16/h4-9H,10H2,1-3H3,(H,17,19)(H,18,20). The number of hydrogen-bond donors (Lipinski definition) is 2. The Kier molecular flexibility index (Phi) is 5.77. The van der Waals surface area contributed by atoms with Gasteiger partial charge in [-0.15, -0.1) is 0 Å². The molecule has 0 atom stereocenters. The van der Waals surface area contributed by atoms with Crippen LogP contribution in [-0.2, 0) is 9.59 Å². The SMILES string of the molecule is CC(C)(C)NC(=O)CNC(=O)C=Cc1ccccc1Cl. The maximum absolute atomic E-state index is 11.6. The molecule has 0 heterocycles. The summed E-state index contributed by atoms with van der Waals surface area (Å²) in [6, 6.07) is 7.20. The molecule has 0 aliphatic heterocycles. The number of benzene rings is 1. The van der Waals surface area contributed by atoms with Gasteiger partial charge in [-0.05, 0) is 38.5 Å². The maximum atomic E-state index is 11.6. The topological polar surface area (TPSA) is 58.2 Å². The zero-order valence-electron chi connectivity index (χ0n) is 11.9. The third-order valence-electron chi connectivity index (χ3n) is 2.26. The Balaban J connectivity index is 2.45. The summed E-state index contributed by atoms with van der Waals surface area (Å²) < 4.78 is 0. The molecule has 1 aromatic carbocycles. The first kappa shape index (κ1) is 16.2. The van der Waals surface area contributed by atoms with Crippen molar-refractivity contribution in [2.75, 3.05) is 6.54 Å². The van der Waals surface area contributed by atoms with Crippen molar-refractivity contribution < 1.29 is 9.59 Å². The summed E-state index contributed by atoms with van der Waals surface area (Å²) in [5.74, 6) is -0.564. The summed E-state index contributed by atoms with van der Waals surface area (Å²) in [4.78, 5) is 23.1. The number of hydrogen-bond acceptors (Lipinski definition) is 2. The van der Waals surface area contributed by atoms with Crippen molar-refractivity contribution in [3.63, 3.8) is 0 Å². The zero-order chi connectivity index (χ0) is 15.2. The summed E-state index contributed by atoms with van der Waals surface area (Å²) in [7, 11) is 0. The summed E-state index contributed by atoms with van der Waals surface area (Å²) in [6.45, 7) is 5.58. The number of rotatable bonds is 4. The molecule has 1 rings (SSSR count). The Labute approximate surface area is 124 Å². The minimum absolute atomic E-state index is 0.0526. The van der Waals surface area contributed by atoms with Crippen LogP contribution in [0.2, 0.25) is 5.02 Å². The van der Waals surface area contributed by atoms with Crippen LogP contribution in [0.1, 0.15) is 26.3 Å². The van der Waals surface area contributed by atoms with Gasteiger partial charge in [-0.1, -0.05) is 29.8 Å². The highest BCUT2D eigenvalue weighted by Crippen LogP contribution is 2.15. The third kappa shape index (κ3) is 6.38. The van der Waals surface area contributed by atoms with E-state index in [1.165, 1.54) is 6.08 Å². The molecule has 0 radical (unpaired) electrons. The number of carbonyl (C=O) groups is 2. The molecule has 1 aromatic rings. The van der Waals surface area contributed by atoms with Crippen molar-refractivity contribution >= 4 is 29.5 Å². The number of nitrogens with one attached hydrogen (secondary N) is 2. The van der Waals surface area contributed by atoms with Crippen LogP contribution in [-0.4, -0.2) is 23.9 Å². The minimum atomic E-state index is -0.339. The van der Waals surface area contributed by atoms with Gasteiger partial charge < -0.3 is 10.6 Å². The van der Waals surface area contributed by atoms with Gasteiger partial charge in [-0.2, -0.15) is 0 Å². The van der Waals surface area contributed by atoms with E-state index in [1.807, 2.05) is 32.9 Å². The lowest BCUT2D eigenvalue weighted by atomic mass is 10.1. The largest absolute Gasteiger partial charge is 0.350 e. The van der Waals surface area contributed by atoms with Crippen LogP contribution in [0.25, 0.3) is 6.08 Å². The average molecular weight is 295 g/mol. The summed E-state index contributed by atoms with van der Waals surface area (Å²) >= 11 is 5.96. The van der Waals surface area contributed by atoms with E-state index in [0.29, 0.717) is 5.02 Å². The summed E-state index contributed by atoms with van der Waals surface area (Å²) in [5, 5.41) is 5.84. The van der Waals surface area contributed by atoms with E-state index in [-0.39, 0.29) is 23.9 Å². The molecule has 0 fully saturated rings. The van der Waals surface area contributed by atoms with Gasteiger partial charge in [0.15, 0.2) is 0 Å². The molecule has 0 saturated carbocycles. The Morgan fingerprint density at radius 2 is 1.90 bits per heavy atom. The molecule has 2 amide bonds. The van der Waals surface area contributed by atoms with Gasteiger partial charge in [0.25, 0.3) is 0 Å². The Hall–Kier alpha value is -1.81. The summed E-state index contributed by atoms with van der Waals surface area (Å²) in [6.07, 6.45) is 2.96. The first-order valence-electron chi connectivity index (χ1n) is 6.29. The molecule has 0 aliphatic carbocycles. The Morgan fingerprint density at radius 3 is 2.50 bits per heavy atom. The van der Waals surface area contributed by atoms with Crippen molar-refractivity contribution in [3.05, 3.63) is 40.9 Å². The number of carbonyl (C=O) groups excluding carboxylic acids is 2. The molecule has 108 valence electrons. The van der Waals surface area contributed by atoms with Crippen LogP contribution in [0.5, 0.6) is 0 Å². The van der Waals surface area contributed by atoms with Gasteiger partial charge in [-0.3, -0.25) is 9.59 Å². The molecule has 0 saturated heterocycles. The molecule has 0 spiro atoms. The fourth-order valence-corrected chi connectivity index (χ4v) is 1.66. The first-order valence-corrected chi connectivity index (χ1v) is 6.67. The highest BCUT2D eigenvalue weighted by atomic mass is 35.5. The van der Waals surface area contributed by atoms with Crippen LogP contribution in [0, 0.1) is 0 Å². The molecule has 20 heavy (non-hydrogen) atoms. The number of halogens is 1. The van der Waals surface area contributed by atoms with Crippen LogP contribution in [0.15, 0.2) is 30.3 Å². The Morgan fingerprint density at radius 1 is 1.25 bits per heavy atom. The van der Waals surface area contributed by atoms with Gasteiger partial charge in [-0.25, -0.2) is 0 Å². The van der Waals surface area contributed by atoms with E-state index in [9.17, 15) is 9.59 Å². The normalized spacial score (nSPS) is 11.4. The molecule has 0 aromatic heterocycles. The van der Waals surface area contributed by atoms with E-state index < -0.39 is 0 Å². The highest BCUT2D eigenvalue weighted by Gasteiger charge is 2.13. The van der Waals surface area contributed by atoms with E-state index in [0.717, 1.165) is 5.56 Å². The molecule has 2 N–H and O–H groups in total. The lowest BCUT2D eigenvalue weighted by molar-refractivity contribution is -0.124. The molecule has 0 aliphatic rings. The predicted octanol–water partition coefficient (Wildman–Crippen LogP) is 2.38. The van der Waals surface area contributed by atoms with Crippen LogP contribution >= 0.6 is 11.6 Å². The molecule has 0 unspecified atom stereocenters. The molecular weight excluding hydrogens is 276 g/mol. The van der Waals surface area contributed by atoms with E-state index in [1.54, 1.807) is 18.2 Å². The fourth-order valence-electron chi connectivity index (χ4n) is 1.46. The molecule has 4 nitrogen and oxygen atoms in total. The van der Waals surface area contributed by atoms with Gasteiger partial charge in [0.2, 0.25) is 11.8 Å². The van der Waals surface area contributed by atoms with Gasteiger partial charge >= 0.3 is 0 Å². The second-order valence-corrected chi connectivity index (χ2v) is 5.78. The van der Waals surface area contributed by atoms with Crippen molar-refractivity contribution in [2.24, 2.45) is 0 Å². The van der Waals surface area contributed by atoms with Gasteiger partial charge in [0, 0.05) is 16.6 Å². The first-order chi connectivity index (χ1) is 9.28. The monoisotopic (exact) mass is 294 g/mol. The second kappa shape index (κ2) is 7.10. The molecular formula is C15H19ClN2O2. The van der Waals surface area contributed by atoms with Crippen molar-refractivity contribution in [2.45, 2.75) is 26.3 Å². The summed E-state index contributed by atoms with van der Waals surface area (Å²) in [5.41, 5.74) is 0.443. The Bertz CT molecular complexity index is 519. The van der Waals surface area contributed by atoms with E-state index >= 15 is 0 Å². The number of amides is 2. The molecule has 5 heteroatoms. The van der Waals surface area contributed by atoms with Gasteiger partial charge in [0.05, 0.1) is 6.54 Å². The van der Waals surface area contributed by atoms with E-state index in [2.05, 4.69) is 10.6 Å². The fraction of sp³-hybridized carbons (Fsp3) is 0.333. The second-order valence-electron chi connectivity index (χ2n) is 5.37. The van der Waals surface area contributed by atoms with Crippen molar-refractivity contribution in [3.8, 4) is 0 Å². The predicted molar refractivity (Wildman–Crippen MR) is 81.4 cm³/mol. The van der Waals surface area contributed by atoms with Crippen molar-refractivity contribution in [1.29, 1.82) is 0 Å². The molecule has 0 bridgehead atoms. The highest BCUT2D eigenvalue weighted by molar-refractivity contribution is 6.32.